The van der Waals surface area contributed by atoms with Crippen LogP contribution in [0.2, 0.25) is 5.02 Å². The maximum atomic E-state index is 12.8. The molecule has 1 fully saturated rings. The third kappa shape index (κ3) is 5.12. The number of carbonyl (C=O) groups excluding carboxylic acids is 2. The topological polar surface area (TPSA) is 76.8 Å². The molecule has 2 aromatic carbocycles. The minimum Gasteiger partial charge on any atom is -0.426 e. The Hall–Kier alpha value is -2.76. The fourth-order valence-electron chi connectivity index (χ4n) is 3.47. The normalized spacial score (nSPS) is 14.9. The van der Waals surface area contributed by atoms with Crippen LogP contribution in [0.15, 0.2) is 68.0 Å². The standard InChI is InChI=1S/C24H14ClNO5S4/c25-14-5-3-13(4-6-14)20-16(7-8-17-21(20)35-24(29)31-17)30-19(27)9-10-26-22(28)18(34-23(26)32)12-15-2-1-11-33-15/h1-8,11-12H,9-10H2/b18-12-. The van der Waals surface area contributed by atoms with Crippen molar-refractivity contribution in [2.24, 2.45) is 0 Å². The summed E-state index contributed by atoms with van der Waals surface area (Å²) in [4.78, 5) is 39.9. The molecular formula is C24H14ClNO5S4. The van der Waals surface area contributed by atoms with Crippen LogP contribution in [0, 0.1) is 0 Å². The van der Waals surface area contributed by atoms with Crippen LogP contribution in [0.3, 0.4) is 0 Å². The van der Waals surface area contributed by atoms with Crippen molar-refractivity contribution >= 4 is 90.8 Å². The molecule has 35 heavy (non-hydrogen) atoms. The van der Waals surface area contributed by atoms with Crippen molar-refractivity contribution in [3.05, 3.63) is 78.4 Å². The number of fused-ring (bicyclic) bond motifs is 1. The zero-order chi connectivity index (χ0) is 24.5. The van der Waals surface area contributed by atoms with Crippen LogP contribution >= 0.6 is 58.3 Å². The molecule has 1 aliphatic heterocycles. The Labute approximate surface area is 221 Å². The Morgan fingerprint density at radius 2 is 1.94 bits per heavy atom. The highest BCUT2D eigenvalue weighted by Crippen LogP contribution is 2.39. The van der Waals surface area contributed by atoms with Gasteiger partial charge in [-0.2, -0.15) is 0 Å². The van der Waals surface area contributed by atoms with Gasteiger partial charge in [0, 0.05) is 22.0 Å². The molecule has 1 aliphatic rings. The molecule has 0 N–H and O–H groups in total. The Morgan fingerprint density at radius 3 is 2.69 bits per heavy atom. The van der Waals surface area contributed by atoms with E-state index in [0.29, 0.717) is 30.1 Å². The molecule has 0 saturated carbocycles. The van der Waals surface area contributed by atoms with Crippen molar-refractivity contribution in [3.8, 4) is 16.9 Å². The lowest BCUT2D eigenvalue weighted by molar-refractivity contribution is -0.134. The maximum Gasteiger partial charge on any atom is 0.396 e. The van der Waals surface area contributed by atoms with E-state index in [0.717, 1.165) is 21.8 Å². The molecule has 1 saturated heterocycles. The van der Waals surface area contributed by atoms with Gasteiger partial charge in [0.15, 0.2) is 0 Å². The van der Waals surface area contributed by atoms with Gasteiger partial charge in [-0.05, 0) is 47.4 Å². The van der Waals surface area contributed by atoms with E-state index in [2.05, 4.69) is 0 Å². The predicted octanol–water partition coefficient (Wildman–Crippen LogP) is 6.43. The summed E-state index contributed by atoms with van der Waals surface area (Å²) >= 11 is 15.0. The van der Waals surface area contributed by atoms with E-state index >= 15 is 0 Å². The molecule has 0 radical (unpaired) electrons. The average molecular weight is 560 g/mol. The van der Waals surface area contributed by atoms with E-state index < -0.39 is 10.9 Å². The van der Waals surface area contributed by atoms with Crippen molar-refractivity contribution in [2.45, 2.75) is 6.42 Å². The summed E-state index contributed by atoms with van der Waals surface area (Å²) in [6, 6.07) is 14.0. The first-order chi connectivity index (χ1) is 16.9. The first-order valence-electron chi connectivity index (χ1n) is 10.2. The summed E-state index contributed by atoms with van der Waals surface area (Å²) < 4.78 is 11.9. The number of thioether (sulfide) groups is 1. The van der Waals surface area contributed by atoms with Crippen molar-refractivity contribution < 1.29 is 18.7 Å². The van der Waals surface area contributed by atoms with E-state index in [9.17, 15) is 14.4 Å². The Balaban J connectivity index is 1.34. The largest absolute Gasteiger partial charge is 0.426 e. The molecule has 5 rings (SSSR count). The lowest BCUT2D eigenvalue weighted by atomic mass is 10.0. The molecule has 176 valence electrons. The maximum absolute atomic E-state index is 12.8. The van der Waals surface area contributed by atoms with Crippen molar-refractivity contribution in [1.29, 1.82) is 0 Å². The van der Waals surface area contributed by atoms with Crippen LogP contribution in [0.1, 0.15) is 11.3 Å². The Bertz CT molecular complexity index is 1540. The number of esters is 1. The molecule has 0 unspecified atom stereocenters. The summed E-state index contributed by atoms with van der Waals surface area (Å²) in [6.45, 7) is 0.100. The Morgan fingerprint density at radius 1 is 1.14 bits per heavy atom. The summed E-state index contributed by atoms with van der Waals surface area (Å²) in [5.74, 6) is -0.482. The molecular weight excluding hydrogens is 546 g/mol. The zero-order valence-electron chi connectivity index (χ0n) is 17.7. The number of thiophene rings is 1. The van der Waals surface area contributed by atoms with Gasteiger partial charge in [-0.15, -0.1) is 11.3 Å². The number of ether oxygens (including phenoxy) is 1. The minimum atomic E-state index is -0.535. The number of carbonyl (C=O) groups is 2. The molecule has 11 heteroatoms. The van der Waals surface area contributed by atoms with Crippen LogP contribution in [-0.2, 0) is 9.59 Å². The summed E-state index contributed by atoms with van der Waals surface area (Å²) in [7, 11) is 0. The third-order valence-corrected chi connectivity index (χ3v) is 8.36. The van der Waals surface area contributed by atoms with Gasteiger partial charge in [0.05, 0.1) is 16.0 Å². The first-order valence-corrected chi connectivity index (χ1v) is 13.5. The molecule has 3 heterocycles. The zero-order valence-corrected chi connectivity index (χ0v) is 21.7. The van der Waals surface area contributed by atoms with Gasteiger partial charge in [0.2, 0.25) is 0 Å². The van der Waals surface area contributed by atoms with E-state index in [1.165, 1.54) is 28.0 Å². The highest BCUT2D eigenvalue weighted by Gasteiger charge is 2.32. The average Bonchev–Trinajstić information content (AvgIpc) is 3.53. The lowest BCUT2D eigenvalue weighted by Crippen LogP contribution is -2.31. The van der Waals surface area contributed by atoms with E-state index in [-0.39, 0.29) is 24.6 Å². The molecule has 6 nitrogen and oxygen atoms in total. The second-order valence-electron chi connectivity index (χ2n) is 7.30. The Kier molecular flexibility index (Phi) is 6.90. The van der Waals surface area contributed by atoms with Crippen LogP contribution < -0.4 is 9.68 Å². The van der Waals surface area contributed by atoms with E-state index in [1.54, 1.807) is 42.5 Å². The highest BCUT2D eigenvalue weighted by molar-refractivity contribution is 8.26. The number of nitrogens with zero attached hydrogens (tertiary/aromatic N) is 1. The minimum absolute atomic E-state index is 0.0571. The molecule has 0 aliphatic carbocycles. The summed E-state index contributed by atoms with van der Waals surface area (Å²) in [6.07, 6.45) is 1.74. The fraction of sp³-hybridized carbons (Fsp3) is 0.0833. The molecule has 0 atom stereocenters. The first kappa shape index (κ1) is 24.0. The van der Waals surface area contributed by atoms with Gasteiger partial charge in [-0.25, -0.2) is 4.79 Å². The second kappa shape index (κ2) is 10.1. The van der Waals surface area contributed by atoms with Crippen molar-refractivity contribution in [2.75, 3.05) is 6.54 Å². The molecule has 0 spiro atoms. The van der Waals surface area contributed by atoms with Gasteiger partial charge >= 0.3 is 10.9 Å². The van der Waals surface area contributed by atoms with Gasteiger partial charge < -0.3 is 9.15 Å². The fourth-order valence-corrected chi connectivity index (χ4v) is 6.45. The molecule has 4 aromatic rings. The summed E-state index contributed by atoms with van der Waals surface area (Å²) in [5.41, 5.74) is 1.68. The number of hydrogen-bond acceptors (Lipinski definition) is 9. The van der Waals surface area contributed by atoms with E-state index in [1.807, 2.05) is 17.5 Å². The van der Waals surface area contributed by atoms with Gasteiger partial charge in [-0.1, -0.05) is 65.1 Å². The SMILES string of the molecule is O=C(CCN1C(=O)/C(=C/c2cccs2)SC1=S)Oc1ccc2oc(=O)sc2c1-c1ccc(Cl)cc1. The number of hydrogen-bond donors (Lipinski definition) is 0. The number of rotatable bonds is 6. The van der Waals surface area contributed by atoms with Crippen molar-refractivity contribution in [3.63, 3.8) is 0 Å². The van der Waals surface area contributed by atoms with Crippen molar-refractivity contribution in [1.82, 2.24) is 4.90 Å². The van der Waals surface area contributed by atoms with Gasteiger partial charge in [0.25, 0.3) is 5.91 Å². The second-order valence-corrected chi connectivity index (χ2v) is 11.3. The molecule has 0 bridgehead atoms. The van der Waals surface area contributed by atoms with E-state index in [4.69, 9.17) is 33.0 Å². The third-order valence-electron chi connectivity index (χ3n) is 5.05. The number of amides is 1. The van der Waals surface area contributed by atoms with Gasteiger partial charge in [-0.3, -0.25) is 14.5 Å². The monoisotopic (exact) mass is 559 g/mol. The molecule has 1 amide bonds. The number of halogens is 1. The van der Waals surface area contributed by atoms with Gasteiger partial charge in [0.1, 0.15) is 15.7 Å². The number of benzene rings is 2. The predicted molar refractivity (Wildman–Crippen MR) is 145 cm³/mol. The summed E-state index contributed by atoms with van der Waals surface area (Å²) in [5, 5.41) is 2.48. The lowest BCUT2D eigenvalue weighted by Gasteiger charge is -2.15. The molecule has 2 aromatic heterocycles. The quantitative estimate of drug-likeness (QED) is 0.116. The van der Waals surface area contributed by atoms with Crippen LogP contribution in [0.25, 0.3) is 27.5 Å². The van der Waals surface area contributed by atoms with Crippen LogP contribution in [-0.4, -0.2) is 27.6 Å². The number of thiocarbonyl (C=S) groups is 1. The highest BCUT2D eigenvalue weighted by atomic mass is 35.5. The smallest absolute Gasteiger partial charge is 0.396 e. The van der Waals surface area contributed by atoms with Crippen LogP contribution in [0.5, 0.6) is 5.75 Å². The van der Waals surface area contributed by atoms with Crippen LogP contribution in [0.4, 0.5) is 0 Å².